The molecule has 14 heteroatoms. The zero-order valence-corrected chi connectivity index (χ0v) is 21.4. The van der Waals surface area contributed by atoms with Gasteiger partial charge in [-0.25, -0.2) is 13.9 Å². The van der Waals surface area contributed by atoms with E-state index in [2.05, 4.69) is 35.7 Å². The van der Waals surface area contributed by atoms with Crippen LogP contribution >= 0.6 is 27.5 Å². The fourth-order valence-corrected chi connectivity index (χ4v) is 4.39. The van der Waals surface area contributed by atoms with Crippen LogP contribution < -0.4 is 14.8 Å². The summed E-state index contributed by atoms with van der Waals surface area (Å²) in [6, 6.07) is 5.53. The average Bonchev–Trinajstić information content (AvgIpc) is 2.71. The Morgan fingerprint density at radius 2 is 2.09 bits per heavy atom. The fourth-order valence-electron chi connectivity index (χ4n) is 2.84. The molecule has 0 aliphatic rings. The molecule has 0 aliphatic heterocycles. The van der Waals surface area contributed by atoms with Gasteiger partial charge in [0.2, 0.25) is 0 Å². The lowest BCUT2D eigenvalue weighted by Gasteiger charge is -2.27. The quantitative estimate of drug-likeness (QED) is 0.216. The van der Waals surface area contributed by atoms with Crippen LogP contribution in [0.4, 0.5) is 20.2 Å². The molecule has 3 atom stereocenters. The molecule has 1 aromatic carbocycles. The zero-order chi connectivity index (χ0) is 25.6. The second-order valence-electron chi connectivity index (χ2n) is 7.92. The number of nitrogens with one attached hydrogen (secondary N) is 2. The number of hydrogen-bond donors (Lipinski definition) is 2. The fraction of sp³-hybridized carbons (Fsp3) is 0.400. The lowest BCUT2D eigenvalue weighted by Crippen LogP contribution is -2.40. The maximum absolute atomic E-state index is 13.1. The number of halogens is 4. The largest absolute Gasteiger partial charge is 0.434 e. The third-order valence-corrected chi connectivity index (χ3v) is 6.90. The summed E-state index contributed by atoms with van der Waals surface area (Å²) in [5.74, 6) is -0.210. The molecule has 2 aromatic rings. The molecule has 0 spiro atoms. The van der Waals surface area contributed by atoms with Crippen molar-refractivity contribution in [3.05, 3.63) is 55.8 Å². The third kappa shape index (κ3) is 7.56. The summed E-state index contributed by atoms with van der Waals surface area (Å²) >= 11 is 9.23. The van der Waals surface area contributed by atoms with Gasteiger partial charge in [0.05, 0.1) is 32.8 Å². The van der Waals surface area contributed by atoms with Crippen LogP contribution in [0.3, 0.4) is 0 Å². The number of pyridine rings is 1. The minimum atomic E-state index is -3.14. The lowest BCUT2D eigenvalue weighted by atomic mass is 9.98. The van der Waals surface area contributed by atoms with E-state index in [4.69, 9.17) is 11.6 Å². The van der Waals surface area contributed by atoms with Gasteiger partial charge in [0.25, 0.3) is 0 Å². The van der Waals surface area contributed by atoms with Gasteiger partial charge in [-0.2, -0.15) is 14.0 Å². The summed E-state index contributed by atoms with van der Waals surface area (Å²) in [6.45, 7) is 2.00. The first kappa shape index (κ1) is 27.8. The predicted octanol–water partition coefficient (Wildman–Crippen LogP) is 5.49. The highest BCUT2D eigenvalue weighted by Gasteiger charge is 2.30. The molecule has 0 aliphatic carbocycles. The molecule has 2 N–H and O–H groups in total. The highest BCUT2D eigenvalue weighted by Crippen LogP contribution is 2.39. The van der Waals surface area contributed by atoms with E-state index < -0.39 is 45.0 Å². The third-order valence-electron chi connectivity index (χ3n) is 4.39. The number of ether oxygens (including phenoxy) is 1. The van der Waals surface area contributed by atoms with E-state index in [1.807, 2.05) is 6.07 Å². The molecule has 0 fully saturated rings. The summed E-state index contributed by atoms with van der Waals surface area (Å²) in [5.41, 5.74) is -0.298. The van der Waals surface area contributed by atoms with Gasteiger partial charge in [0.1, 0.15) is 28.8 Å². The van der Waals surface area contributed by atoms with Crippen molar-refractivity contribution >= 4 is 49.9 Å². The number of aromatic nitrogens is 1. The Balaban J connectivity index is 2.58. The Hall–Kier alpha value is -2.40. The Labute approximate surface area is 210 Å². The summed E-state index contributed by atoms with van der Waals surface area (Å²) in [6.07, 6.45) is 0.824. The van der Waals surface area contributed by atoms with Crippen LogP contribution in [0, 0.1) is 21.4 Å². The van der Waals surface area contributed by atoms with Crippen molar-refractivity contribution in [3.8, 4) is 11.8 Å². The van der Waals surface area contributed by atoms with Crippen molar-refractivity contribution < 1.29 is 22.6 Å². The van der Waals surface area contributed by atoms with Gasteiger partial charge in [0.15, 0.2) is 0 Å². The standard InChI is InChI=1S/C20H21BrClF2N5O4S/c1-20(2,3)34(32)28-11(9-25)7-14(18-12(21)5-4-6-16(18)33-19(23)24)27-13-8-17(22)26-10-15(13)29(30)31/h4-6,8,10-11,14,19,28H,7H2,1-3H3,(H,26,27)/t11-,14-,34-/m1/s1. The van der Waals surface area contributed by atoms with Gasteiger partial charge >= 0.3 is 12.3 Å². The molecule has 0 saturated heterocycles. The minimum absolute atomic E-state index is 0.0492. The van der Waals surface area contributed by atoms with Gasteiger partial charge in [-0.05, 0) is 32.9 Å². The molecule has 0 saturated carbocycles. The predicted molar refractivity (Wildman–Crippen MR) is 128 cm³/mol. The summed E-state index contributed by atoms with van der Waals surface area (Å²) < 4.78 is 45.8. The maximum Gasteiger partial charge on any atom is 0.387 e. The number of anilines is 1. The molecule has 184 valence electrons. The van der Waals surface area contributed by atoms with Crippen LogP contribution in [-0.4, -0.2) is 31.5 Å². The Morgan fingerprint density at radius 3 is 2.65 bits per heavy atom. The average molecular weight is 581 g/mol. The van der Waals surface area contributed by atoms with E-state index >= 15 is 0 Å². The first-order valence-electron chi connectivity index (χ1n) is 9.70. The van der Waals surface area contributed by atoms with Crippen molar-refractivity contribution in [3.63, 3.8) is 0 Å². The van der Waals surface area contributed by atoms with Crippen LogP contribution in [-0.2, 0) is 11.0 Å². The van der Waals surface area contributed by atoms with Crippen LogP contribution in [0.5, 0.6) is 5.75 Å². The number of nitrogens with zero attached hydrogens (tertiary/aromatic N) is 3. The van der Waals surface area contributed by atoms with Crippen molar-refractivity contribution in [2.45, 2.75) is 50.6 Å². The SMILES string of the molecule is CC(C)(C)[S@@](=O)N[C@@H](C#N)C[C@@H](Nc1cc(Cl)ncc1[N+](=O)[O-])c1c(Br)cccc1OC(F)F. The first-order valence-corrected chi connectivity index (χ1v) is 12.0. The topological polar surface area (TPSA) is 130 Å². The molecular weight excluding hydrogens is 560 g/mol. The number of rotatable bonds is 10. The van der Waals surface area contributed by atoms with Gasteiger partial charge in [0, 0.05) is 22.5 Å². The van der Waals surface area contributed by atoms with Crippen LogP contribution in [0.15, 0.2) is 34.9 Å². The number of hydrogen-bond acceptors (Lipinski definition) is 7. The molecule has 0 unspecified atom stereocenters. The summed E-state index contributed by atoms with van der Waals surface area (Å²) in [5, 5.41) is 24.1. The Kier molecular flexibility index (Phi) is 9.69. The van der Waals surface area contributed by atoms with Crippen molar-refractivity contribution in [2.24, 2.45) is 0 Å². The molecule has 2 rings (SSSR count). The Bertz CT molecular complexity index is 1110. The first-order chi connectivity index (χ1) is 15.8. The smallest absolute Gasteiger partial charge is 0.387 e. The monoisotopic (exact) mass is 579 g/mol. The van der Waals surface area contributed by atoms with E-state index in [-0.39, 0.29) is 28.6 Å². The van der Waals surface area contributed by atoms with Gasteiger partial charge in [-0.15, -0.1) is 0 Å². The lowest BCUT2D eigenvalue weighted by molar-refractivity contribution is -0.384. The number of nitriles is 1. The second kappa shape index (κ2) is 11.8. The van der Waals surface area contributed by atoms with Gasteiger partial charge < -0.3 is 10.1 Å². The molecule has 1 aromatic heterocycles. The molecule has 0 bridgehead atoms. The highest BCUT2D eigenvalue weighted by molar-refractivity contribution is 9.10. The zero-order valence-electron chi connectivity index (χ0n) is 18.2. The van der Waals surface area contributed by atoms with Crippen LogP contribution in [0.25, 0.3) is 0 Å². The van der Waals surface area contributed by atoms with Crippen molar-refractivity contribution in [1.29, 1.82) is 5.26 Å². The number of alkyl halides is 2. The van der Waals surface area contributed by atoms with Crippen LogP contribution in [0.1, 0.15) is 38.8 Å². The molecule has 34 heavy (non-hydrogen) atoms. The van der Waals surface area contributed by atoms with Crippen molar-refractivity contribution in [1.82, 2.24) is 9.71 Å². The number of nitro groups is 1. The normalized spacial score (nSPS) is 14.2. The van der Waals surface area contributed by atoms with E-state index in [1.165, 1.54) is 18.2 Å². The van der Waals surface area contributed by atoms with E-state index in [1.54, 1.807) is 26.8 Å². The van der Waals surface area contributed by atoms with Gasteiger partial charge in [-0.3, -0.25) is 10.1 Å². The molecule has 9 nitrogen and oxygen atoms in total. The van der Waals surface area contributed by atoms with Crippen LogP contribution in [0.2, 0.25) is 5.15 Å². The molecule has 0 radical (unpaired) electrons. The van der Waals surface area contributed by atoms with E-state index in [0.29, 0.717) is 4.47 Å². The molecule has 0 amide bonds. The summed E-state index contributed by atoms with van der Waals surface area (Å²) in [4.78, 5) is 14.5. The molecule has 1 heterocycles. The van der Waals surface area contributed by atoms with Crippen molar-refractivity contribution in [2.75, 3.05) is 5.32 Å². The Morgan fingerprint density at radius 1 is 1.41 bits per heavy atom. The second-order valence-corrected chi connectivity index (χ2v) is 11.2. The van der Waals surface area contributed by atoms with Gasteiger partial charge in [-0.1, -0.05) is 33.6 Å². The van der Waals surface area contributed by atoms with E-state index in [9.17, 15) is 28.4 Å². The number of benzene rings is 1. The molecular formula is C20H21BrClF2N5O4S. The summed E-state index contributed by atoms with van der Waals surface area (Å²) in [7, 11) is -1.62. The van der Waals surface area contributed by atoms with E-state index in [0.717, 1.165) is 6.20 Å². The maximum atomic E-state index is 13.1. The minimum Gasteiger partial charge on any atom is -0.434 e. The highest BCUT2D eigenvalue weighted by atomic mass is 79.9.